The van der Waals surface area contributed by atoms with Crippen LogP contribution in [0, 0.1) is 0 Å². The van der Waals surface area contributed by atoms with Crippen LogP contribution in [0.2, 0.25) is 0 Å². The van der Waals surface area contributed by atoms with Crippen molar-refractivity contribution in [2.75, 3.05) is 0 Å². The van der Waals surface area contributed by atoms with Crippen molar-refractivity contribution in [1.29, 1.82) is 0 Å². The Morgan fingerprint density at radius 2 is 1.04 bits per heavy atom. The lowest BCUT2D eigenvalue weighted by Gasteiger charge is -2.14. The Bertz CT molecular complexity index is 3270. The van der Waals surface area contributed by atoms with Gasteiger partial charge in [0, 0.05) is 47.6 Å². The number of rotatable bonds is 5. The topological polar surface area (TPSA) is 43.6 Å². The van der Waals surface area contributed by atoms with Crippen LogP contribution in [0.15, 0.2) is 170 Å². The van der Waals surface area contributed by atoms with E-state index in [4.69, 9.17) is 25.9 Å². The van der Waals surface area contributed by atoms with E-state index in [1.165, 1.54) is 24.7 Å². The van der Waals surface area contributed by atoms with Crippen LogP contribution in [0.4, 0.5) is 0 Å². The van der Waals surface area contributed by atoms with Crippen LogP contribution in [0.3, 0.4) is 0 Å². The van der Waals surface area contributed by atoms with Crippen molar-refractivity contribution in [3.8, 4) is 51.0 Å². The standard InChI is InChI=1S/C45H28N4S/c1-2-14-29(15-3-1)43-46-44(31-17-12-16-30(28-31)32-22-13-23-36-35-20-7-11-27-41(35)50-42(32)36)48-45(47-43)37-21-6-10-26-40(37)49-38-24-8-4-18-33(38)34-19-5-9-25-39(34)49/h1-28H/i4D,5D,8D,9D,18D,19D,24D,25D. The van der Waals surface area contributed by atoms with Gasteiger partial charge in [-0.05, 0) is 47.5 Å². The lowest BCUT2D eigenvalue weighted by molar-refractivity contribution is 1.06. The number of hydrogen-bond donors (Lipinski definition) is 0. The Balaban J connectivity index is 1.24. The van der Waals surface area contributed by atoms with Gasteiger partial charge in [-0.15, -0.1) is 11.3 Å². The molecule has 50 heavy (non-hydrogen) atoms. The SMILES string of the molecule is [2H]c1c([2H])c([2H])c2c(c1[2H])c1c([2H])c([2H])c([2H])c([2H])c1n2-c1ccccc1-c1nc(-c2ccccc2)nc(-c2cccc(-c3cccc4c3sc3ccccc34)c2)n1. The molecule has 0 atom stereocenters. The molecule has 0 bridgehead atoms. The van der Waals surface area contributed by atoms with Crippen molar-refractivity contribution < 1.29 is 11.0 Å². The predicted octanol–water partition coefficient (Wildman–Crippen LogP) is 12.0. The van der Waals surface area contributed by atoms with E-state index < -0.39 is 36.3 Å². The quantitative estimate of drug-likeness (QED) is 0.184. The van der Waals surface area contributed by atoms with Crippen LogP contribution in [-0.2, 0) is 0 Å². The Kier molecular flexibility index (Phi) is 5.00. The number of benzene rings is 7. The first-order valence-corrected chi connectivity index (χ1v) is 16.9. The van der Waals surface area contributed by atoms with E-state index in [1.807, 2.05) is 42.5 Å². The van der Waals surface area contributed by atoms with Crippen LogP contribution >= 0.6 is 11.3 Å². The lowest BCUT2D eigenvalue weighted by Crippen LogP contribution is -2.03. The summed E-state index contributed by atoms with van der Waals surface area (Å²) >= 11 is 1.75. The number of hydrogen-bond acceptors (Lipinski definition) is 4. The molecule has 0 saturated heterocycles. The Hall–Kier alpha value is -6.43. The molecular weight excluding hydrogens is 629 g/mol. The van der Waals surface area contributed by atoms with Gasteiger partial charge in [0.15, 0.2) is 17.5 Å². The molecule has 234 valence electrons. The van der Waals surface area contributed by atoms with Gasteiger partial charge in [0.05, 0.1) is 27.7 Å². The second kappa shape index (κ2) is 11.6. The van der Waals surface area contributed by atoms with Crippen LogP contribution in [-0.4, -0.2) is 19.5 Å². The highest BCUT2D eigenvalue weighted by atomic mass is 32.1. The van der Waals surface area contributed by atoms with Crippen molar-refractivity contribution in [3.05, 3.63) is 170 Å². The molecule has 10 rings (SSSR count). The fraction of sp³-hybridized carbons (Fsp3) is 0. The molecule has 3 heterocycles. The predicted molar refractivity (Wildman–Crippen MR) is 209 cm³/mol. The summed E-state index contributed by atoms with van der Waals surface area (Å²) in [5.74, 6) is 1.06. The molecule has 3 aromatic heterocycles. The van der Waals surface area contributed by atoms with E-state index in [0.29, 0.717) is 22.9 Å². The number of fused-ring (bicyclic) bond motifs is 6. The lowest BCUT2D eigenvalue weighted by atomic mass is 10.0. The molecule has 0 aliphatic rings. The molecule has 0 fully saturated rings. The van der Waals surface area contributed by atoms with E-state index in [-0.39, 0.29) is 39.7 Å². The minimum atomic E-state index is -0.502. The van der Waals surface area contributed by atoms with E-state index >= 15 is 0 Å². The van der Waals surface area contributed by atoms with Crippen LogP contribution in [0.1, 0.15) is 11.0 Å². The minimum Gasteiger partial charge on any atom is -0.309 e. The van der Waals surface area contributed by atoms with Gasteiger partial charge in [0.1, 0.15) is 0 Å². The van der Waals surface area contributed by atoms with Crippen LogP contribution < -0.4 is 0 Å². The van der Waals surface area contributed by atoms with Gasteiger partial charge in [-0.25, -0.2) is 15.0 Å². The molecule has 0 N–H and O–H groups in total. The minimum absolute atomic E-state index is 0.00501. The number of para-hydroxylation sites is 3. The Morgan fingerprint density at radius 1 is 0.460 bits per heavy atom. The summed E-state index contributed by atoms with van der Waals surface area (Å²) in [6.45, 7) is 0. The van der Waals surface area contributed by atoms with Crippen LogP contribution in [0.25, 0.3) is 93.0 Å². The number of aromatic nitrogens is 4. The summed E-state index contributed by atoms with van der Waals surface area (Å²) < 4.78 is 74.0. The molecule has 10 aromatic rings. The zero-order chi connectivity index (χ0) is 40.0. The highest BCUT2D eigenvalue weighted by Crippen LogP contribution is 2.41. The van der Waals surface area contributed by atoms with E-state index in [9.17, 15) is 0 Å². The molecule has 4 nitrogen and oxygen atoms in total. The van der Waals surface area contributed by atoms with Gasteiger partial charge < -0.3 is 4.57 Å². The van der Waals surface area contributed by atoms with E-state index in [1.54, 1.807) is 35.6 Å². The van der Waals surface area contributed by atoms with E-state index in [0.717, 1.165) is 22.3 Å². The zero-order valence-corrected chi connectivity index (χ0v) is 27.1. The highest BCUT2D eigenvalue weighted by Gasteiger charge is 2.19. The third-order valence-electron chi connectivity index (χ3n) is 8.92. The molecule has 0 aliphatic carbocycles. The monoisotopic (exact) mass is 664 g/mol. The first kappa shape index (κ1) is 21.5. The average molecular weight is 665 g/mol. The summed E-state index contributed by atoms with van der Waals surface area (Å²) in [4.78, 5) is 15.0. The zero-order valence-electron chi connectivity index (χ0n) is 34.2. The molecule has 0 saturated carbocycles. The molecule has 7 aromatic carbocycles. The average Bonchev–Trinajstić information content (AvgIpc) is 3.83. The van der Waals surface area contributed by atoms with Gasteiger partial charge >= 0.3 is 0 Å². The van der Waals surface area contributed by atoms with Gasteiger partial charge in [-0.3, -0.25) is 0 Å². The number of thiophene rings is 1. The molecule has 0 spiro atoms. The molecule has 0 amide bonds. The maximum atomic E-state index is 9.07. The van der Waals surface area contributed by atoms with Gasteiger partial charge in [0.25, 0.3) is 0 Å². The van der Waals surface area contributed by atoms with Crippen molar-refractivity contribution in [2.45, 2.75) is 0 Å². The van der Waals surface area contributed by atoms with Gasteiger partial charge in [-0.1, -0.05) is 133 Å². The third-order valence-corrected chi connectivity index (χ3v) is 10.1. The number of nitrogens with zero attached hydrogens (tertiary/aromatic N) is 4. The first-order chi connectivity index (χ1) is 28.1. The fourth-order valence-electron chi connectivity index (χ4n) is 6.66. The molecule has 0 unspecified atom stereocenters. The molecular formula is C45H28N4S. The molecule has 0 aliphatic heterocycles. The smallest absolute Gasteiger partial charge is 0.166 e. The van der Waals surface area contributed by atoms with Crippen molar-refractivity contribution >= 4 is 53.3 Å². The summed E-state index contributed by atoms with van der Waals surface area (Å²) in [5, 5.41) is 2.39. The fourth-order valence-corrected chi connectivity index (χ4v) is 7.90. The largest absolute Gasteiger partial charge is 0.309 e. The van der Waals surface area contributed by atoms with Crippen molar-refractivity contribution in [2.24, 2.45) is 0 Å². The second-order valence-electron chi connectivity index (χ2n) is 11.8. The second-order valence-corrected chi connectivity index (χ2v) is 12.9. The summed E-state index contributed by atoms with van der Waals surface area (Å²) in [5.41, 5.74) is 4.41. The maximum Gasteiger partial charge on any atom is 0.166 e. The normalized spacial score (nSPS) is 13.8. The molecule has 5 heteroatoms. The summed E-state index contributed by atoms with van der Waals surface area (Å²) in [6, 6.07) is 35.9. The summed E-state index contributed by atoms with van der Waals surface area (Å²) in [7, 11) is 0. The maximum absolute atomic E-state index is 9.07. The highest BCUT2D eigenvalue weighted by molar-refractivity contribution is 7.26. The Morgan fingerprint density at radius 3 is 1.86 bits per heavy atom. The Labute approximate surface area is 303 Å². The third kappa shape index (κ3) is 4.63. The first-order valence-electron chi connectivity index (χ1n) is 20.1. The molecule has 0 radical (unpaired) electrons. The van der Waals surface area contributed by atoms with Gasteiger partial charge in [-0.2, -0.15) is 0 Å². The van der Waals surface area contributed by atoms with Crippen LogP contribution in [0.5, 0.6) is 0 Å². The van der Waals surface area contributed by atoms with Crippen molar-refractivity contribution in [3.63, 3.8) is 0 Å². The summed E-state index contributed by atoms with van der Waals surface area (Å²) in [6.07, 6.45) is 0. The van der Waals surface area contributed by atoms with E-state index in [2.05, 4.69) is 54.6 Å². The van der Waals surface area contributed by atoms with Gasteiger partial charge in [0.2, 0.25) is 0 Å². The van der Waals surface area contributed by atoms with Crippen molar-refractivity contribution in [1.82, 2.24) is 19.5 Å².